The fraction of sp³-hybridized carbons (Fsp3) is 0.412. The molecule has 0 saturated carbocycles. The first-order valence-electron chi connectivity index (χ1n) is 7.95. The Morgan fingerprint density at radius 1 is 1.31 bits per heavy atom. The van der Waals surface area contributed by atoms with Crippen molar-refractivity contribution in [2.45, 2.75) is 32.6 Å². The monoisotopic (exact) mass is 372 g/mol. The number of halogens is 3. The third-order valence-electron chi connectivity index (χ3n) is 3.90. The number of hydrogen-bond acceptors (Lipinski definition) is 4. The number of carboxylic acids is 1. The summed E-state index contributed by atoms with van der Waals surface area (Å²) in [5.74, 6) is -2.98. The molecule has 142 valence electrons. The molecule has 2 N–H and O–H groups in total. The highest BCUT2D eigenvalue weighted by Gasteiger charge is 2.38. The molecule has 1 aliphatic rings. The molecule has 0 atom stereocenters. The zero-order valence-corrected chi connectivity index (χ0v) is 14.1. The molecule has 3 rings (SSSR count). The molecular weight excluding hydrogens is 353 g/mol. The molecule has 0 fully saturated rings. The number of nitrogens with one attached hydrogen (secondary N) is 1. The van der Waals surface area contributed by atoms with Gasteiger partial charge in [0.1, 0.15) is 6.61 Å². The number of esters is 1. The van der Waals surface area contributed by atoms with E-state index in [1.165, 1.54) is 29.1 Å². The second-order valence-corrected chi connectivity index (χ2v) is 5.66. The number of hydrogen-bond donors (Lipinski definition) is 2. The molecule has 26 heavy (non-hydrogen) atoms. The fourth-order valence-corrected chi connectivity index (χ4v) is 2.87. The van der Waals surface area contributed by atoms with Crippen LogP contribution in [0, 0.1) is 0 Å². The predicted molar refractivity (Wildman–Crippen MR) is 87.7 cm³/mol. The Kier molecular flexibility index (Phi) is 6.25. The number of rotatable bonds is 3. The van der Waals surface area contributed by atoms with Crippen LogP contribution in [0.5, 0.6) is 0 Å². The van der Waals surface area contributed by atoms with Gasteiger partial charge in [-0.1, -0.05) is 18.2 Å². The maximum atomic E-state index is 10.9. The molecule has 2 aromatic rings. The number of fused-ring (bicyclic) bond motifs is 3. The summed E-state index contributed by atoms with van der Waals surface area (Å²) in [4.78, 5) is 19.8. The number of ether oxygens (including phenoxy) is 1. The summed E-state index contributed by atoms with van der Waals surface area (Å²) in [6.07, 6.45) is -4.02. The number of aromatic nitrogens is 1. The third kappa shape index (κ3) is 4.75. The van der Waals surface area contributed by atoms with E-state index in [4.69, 9.17) is 14.6 Å². The first-order chi connectivity index (χ1) is 12.2. The van der Waals surface area contributed by atoms with Gasteiger partial charge in [-0.25, -0.2) is 4.79 Å². The number of alkyl halides is 3. The Hall–Kier alpha value is -2.55. The molecule has 0 spiro atoms. The lowest BCUT2D eigenvalue weighted by atomic mass is 10.1. The lowest BCUT2D eigenvalue weighted by molar-refractivity contribution is -0.192. The molecule has 6 nitrogen and oxygen atoms in total. The zero-order chi connectivity index (χ0) is 19.3. The van der Waals surface area contributed by atoms with Crippen molar-refractivity contribution in [1.29, 1.82) is 0 Å². The van der Waals surface area contributed by atoms with Crippen molar-refractivity contribution in [2.24, 2.45) is 0 Å². The first kappa shape index (κ1) is 19.8. The van der Waals surface area contributed by atoms with Gasteiger partial charge in [-0.3, -0.25) is 4.79 Å². The molecule has 0 saturated heterocycles. The average molecular weight is 372 g/mol. The Labute approximate surface area is 147 Å². The molecule has 0 bridgehead atoms. The molecule has 0 aliphatic carbocycles. The number of carbonyl (C=O) groups excluding carboxylic acids is 1. The largest absolute Gasteiger partial charge is 0.490 e. The van der Waals surface area contributed by atoms with Gasteiger partial charge in [0.2, 0.25) is 0 Å². The summed E-state index contributed by atoms with van der Waals surface area (Å²) in [6, 6.07) is 8.47. The maximum absolute atomic E-state index is 10.9. The molecule has 0 radical (unpaired) electrons. The molecule has 1 aliphatic heterocycles. The quantitative estimate of drug-likeness (QED) is 0.809. The Bertz CT molecular complexity index is 799. The van der Waals surface area contributed by atoms with Gasteiger partial charge < -0.3 is 19.7 Å². The number of carbonyl (C=O) groups is 2. The Balaban J connectivity index is 0.000000298. The first-order valence-corrected chi connectivity index (χ1v) is 7.95. The van der Waals surface area contributed by atoms with Gasteiger partial charge in [-0.2, -0.15) is 13.2 Å². The minimum absolute atomic E-state index is 0.219. The second-order valence-electron chi connectivity index (χ2n) is 5.66. The number of aliphatic carboxylic acids is 1. The Morgan fingerprint density at radius 3 is 2.58 bits per heavy atom. The van der Waals surface area contributed by atoms with Crippen molar-refractivity contribution in [3.63, 3.8) is 0 Å². The van der Waals surface area contributed by atoms with E-state index in [1.54, 1.807) is 0 Å². The third-order valence-corrected chi connectivity index (χ3v) is 3.90. The maximum Gasteiger partial charge on any atom is 0.490 e. The SMILES string of the molecule is CC(=O)OCCn1c2c(c3ccccc31)CCNC2.O=C(O)C(F)(F)F. The molecular formula is C17H19F3N2O4. The van der Waals surface area contributed by atoms with Crippen LogP contribution in [0.3, 0.4) is 0 Å². The van der Waals surface area contributed by atoms with Gasteiger partial charge in [0.05, 0.1) is 6.54 Å². The van der Waals surface area contributed by atoms with Crippen LogP contribution in [0.4, 0.5) is 13.2 Å². The van der Waals surface area contributed by atoms with Gasteiger partial charge in [0, 0.05) is 30.1 Å². The van der Waals surface area contributed by atoms with Crippen LogP contribution in [0.15, 0.2) is 24.3 Å². The van der Waals surface area contributed by atoms with Gasteiger partial charge in [0.25, 0.3) is 0 Å². The van der Waals surface area contributed by atoms with E-state index in [1.807, 2.05) is 0 Å². The van der Waals surface area contributed by atoms with Crippen molar-refractivity contribution < 1.29 is 32.6 Å². The number of nitrogens with zero attached hydrogens (tertiary/aromatic N) is 1. The van der Waals surface area contributed by atoms with Crippen molar-refractivity contribution in [3.8, 4) is 0 Å². The van der Waals surface area contributed by atoms with E-state index in [9.17, 15) is 18.0 Å². The topological polar surface area (TPSA) is 80.6 Å². The summed E-state index contributed by atoms with van der Waals surface area (Å²) in [7, 11) is 0. The van der Waals surface area contributed by atoms with Crippen LogP contribution in [0.2, 0.25) is 0 Å². The molecule has 1 aromatic carbocycles. The standard InChI is InChI=1S/C15H18N2O2.C2HF3O2/c1-11(18)19-9-8-17-14-5-3-2-4-12(14)13-6-7-16-10-15(13)17;3-2(4,5)1(6)7/h2-5,16H,6-10H2,1H3;(H,6,7). The smallest absolute Gasteiger partial charge is 0.475 e. The number of benzene rings is 1. The van der Waals surface area contributed by atoms with Crippen molar-refractivity contribution in [1.82, 2.24) is 9.88 Å². The normalized spacial score (nSPS) is 13.5. The highest BCUT2D eigenvalue weighted by atomic mass is 19.4. The van der Waals surface area contributed by atoms with E-state index in [0.717, 1.165) is 26.1 Å². The van der Waals surface area contributed by atoms with Crippen LogP contribution in [-0.4, -0.2) is 40.9 Å². The molecule has 0 amide bonds. The van der Waals surface area contributed by atoms with Crippen molar-refractivity contribution in [3.05, 3.63) is 35.5 Å². The van der Waals surface area contributed by atoms with Gasteiger partial charge >= 0.3 is 18.1 Å². The van der Waals surface area contributed by atoms with Crippen LogP contribution in [0.1, 0.15) is 18.2 Å². The van der Waals surface area contributed by atoms with Crippen LogP contribution < -0.4 is 5.32 Å². The highest BCUT2D eigenvalue weighted by molar-refractivity contribution is 5.85. The van der Waals surface area contributed by atoms with E-state index < -0.39 is 12.1 Å². The molecule has 2 heterocycles. The van der Waals surface area contributed by atoms with E-state index in [-0.39, 0.29) is 5.97 Å². The predicted octanol–water partition coefficient (Wildman–Crippen LogP) is 2.48. The van der Waals surface area contributed by atoms with Crippen molar-refractivity contribution >= 4 is 22.8 Å². The molecule has 0 unspecified atom stereocenters. The van der Waals surface area contributed by atoms with Crippen LogP contribution >= 0.6 is 0 Å². The summed E-state index contributed by atoms with van der Waals surface area (Å²) >= 11 is 0. The summed E-state index contributed by atoms with van der Waals surface area (Å²) in [6.45, 7) is 4.53. The van der Waals surface area contributed by atoms with E-state index >= 15 is 0 Å². The average Bonchev–Trinajstić information content (AvgIpc) is 2.89. The second kappa shape index (κ2) is 8.22. The number of carboxylic acid groups (broad SMARTS) is 1. The zero-order valence-electron chi connectivity index (χ0n) is 14.1. The van der Waals surface area contributed by atoms with Crippen LogP contribution in [0.25, 0.3) is 10.9 Å². The van der Waals surface area contributed by atoms with Gasteiger partial charge in [-0.15, -0.1) is 0 Å². The fourth-order valence-electron chi connectivity index (χ4n) is 2.87. The van der Waals surface area contributed by atoms with Gasteiger partial charge in [0.15, 0.2) is 0 Å². The van der Waals surface area contributed by atoms with Gasteiger partial charge in [-0.05, 0) is 24.6 Å². The number of para-hydroxylation sites is 1. The van der Waals surface area contributed by atoms with Crippen LogP contribution in [-0.2, 0) is 33.8 Å². The lowest BCUT2D eigenvalue weighted by Crippen LogP contribution is -2.25. The lowest BCUT2D eigenvalue weighted by Gasteiger charge is -2.17. The van der Waals surface area contributed by atoms with Crippen molar-refractivity contribution in [2.75, 3.05) is 13.2 Å². The highest BCUT2D eigenvalue weighted by Crippen LogP contribution is 2.28. The van der Waals surface area contributed by atoms with E-state index in [2.05, 4.69) is 34.1 Å². The summed E-state index contributed by atoms with van der Waals surface area (Å²) in [5, 5.41) is 11.9. The summed E-state index contributed by atoms with van der Waals surface area (Å²) in [5.41, 5.74) is 4.01. The minimum Gasteiger partial charge on any atom is -0.475 e. The summed E-state index contributed by atoms with van der Waals surface area (Å²) < 4.78 is 39.1. The molecule has 9 heteroatoms. The Morgan fingerprint density at radius 2 is 1.96 bits per heavy atom. The van der Waals surface area contributed by atoms with E-state index in [0.29, 0.717) is 6.61 Å². The minimum atomic E-state index is -5.08. The molecule has 1 aromatic heterocycles.